The first-order chi connectivity index (χ1) is 19.2. The van der Waals surface area contributed by atoms with E-state index in [2.05, 4.69) is 35.0 Å². The fourth-order valence-electron chi connectivity index (χ4n) is 5.14. The molecule has 1 aliphatic heterocycles. The standard InChI is InChI=1S/C29H25FN8O/c30-21-13-19(14-22(16-21)39-12-11-38-9-1-2-10-38)23-5-8-32-28-25(23)34-29(35-28)26-24-15-20(17-33-27(24)37-36-26)18-3-6-31-7-4-18/h3-8,13-17H,1-2,9-12H2,(H,32,34,35)(H,33,36,37). The fraction of sp³-hybridized carbons (Fsp3) is 0.207. The molecule has 2 N–H and O–H groups in total. The quantitative estimate of drug-likeness (QED) is 0.296. The van der Waals surface area contributed by atoms with Gasteiger partial charge in [-0.15, -0.1) is 0 Å². The molecule has 6 heterocycles. The van der Waals surface area contributed by atoms with Crippen LogP contribution in [-0.2, 0) is 0 Å². The maximum absolute atomic E-state index is 14.7. The number of aromatic nitrogens is 7. The Morgan fingerprint density at radius 3 is 2.64 bits per heavy atom. The van der Waals surface area contributed by atoms with Gasteiger partial charge < -0.3 is 9.72 Å². The van der Waals surface area contributed by atoms with Crippen LogP contribution in [0.5, 0.6) is 5.75 Å². The lowest BCUT2D eigenvalue weighted by atomic mass is 10.1. The molecule has 0 spiro atoms. The monoisotopic (exact) mass is 520 g/mol. The Morgan fingerprint density at radius 1 is 0.897 bits per heavy atom. The first-order valence-electron chi connectivity index (χ1n) is 13.0. The van der Waals surface area contributed by atoms with Crippen molar-refractivity contribution in [2.75, 3.05) is 26.2 Å². The van der Waals surface area contributed by atoms with Crippen LogP contribution in [0.25, 0.3) is 56.0 Å². The number of likely N-dealkylation sites (tertiary alicyclic amines) is 1. The third-order valence-corrected chi connectivity index (χ3v) is 7.10. The number of halogens is 1. The van der Waals surface area contributed by atoms with Crippen LogP contribution in [0.2, 0.25) is 0 Å². The molecule has 194 valence electrons. The highest BCUT2D eigenvalue weighted by Crippen LogP contribution is 2.33. The molecule has 5 aromatic heterocycles. The second kappa shape index (κ2) is 9.88. The van der Waals surface area contributed by atoms with Crippen molar-refractivity contribution in [3.05, 3.63) is 73.1 Å². The van der Waals surface area contributed by atoms with Crippen LogP contribution in [0.1, 0.15) is 12.8 Å². The van der Waals surface area contributed by atoms with Crippen LogP contribution < -0.4 is 4.74 Å². The molecule has 7 rings (SSSR count). The maximum Gasteiger partial charge on any atom is 0.161 e. The van der Waals surface area contributed by atoms with Gasteiger partial charge in [0.1, 0.15) is 29.4 Å². The average molecular weight is 521 g/mol. The zero-order valence-electron chi connectivity index (χ0n) is 21.1. The first-order valence-corrected chi connectivity index (χ1v) is 13.0. The first kappa shape index (κ1) is 23.4. The molecule has 0 unspecified atom stereocenters. The summed E-state index contributed by atoms with van der Waals surface area (Å²) in [5, 5.41) is 8.30. The van der Waals surface area contributed by atoms with Crippen molar-refractivity contribution in [3.8, 4) is 39.5 Å². The van der Waals surface area contributed by atoms with Crippen LogP contribution >= 0.6 is 0 Å². The molecule has 39 heavy (non-hydrogen) atoms. The van der Waals surface area contributed by atoms with Crippen molar-refractivity contribution >= 4 is 22.2 Å². The van der Waals surface area contributed by atoms with Crippen molar-refractivity contribution in [1.82, 2.24) is 40.0 Å². The Bertz CT molecular complexity index is 1780. The molecule has 0 aliphatic carbocycles. The van der Waals surface area contributed by atoms with Gasteiger partial charge in [-0.3, -0.25) is 15.0 Å². The molecule has 1 aromatic carbocycles. The minimum atomic E-state index is -0.364. The molecule has 0 radical (unpaired) electrons. The van der Waals surface area contributed by atoms with E-state index in [1.165, 1.54) is 25.0 Å². The average Bonchev–Trinajstić information content (AvgIpc) is 3.72. The number of hydrogen-bond acceptors (Lipinski definition) is 7. The van der Waals surface area contributed by atoms with Gasteiger partial charge in [0.2, 0.25) is 0 Å². The van der Waals surface area contributed by atoms with Crippen LogP contribution in [0.3, 0.4) is 0 Å². The fourth-order valence-corrected chi connectivity index (χ4v) is 5.14. The van der Waals surface area contributed by atoms with E-state index < -0.39 is 0 Å². The molecule has 0 atom stereocenters. The van der Waals surface area contributed by atoms with Gasteiger partial charge in [-0.25, -0.2) is 19.3 Å². The van der Waals surface area contributed by atoms with Crippen molar-refractivity contribution in [3.63, 3.8) is 0 Å². The van der Waals surface area contributed by atoms with Gasteiger partial charge in [-0.1, -0.05) is 0 Å². The van der Waals surface area contributed by atoms with Gasteiger partial charge in [0.05, 0.1) is 5.39 Å². The number of aromatic amines is 2. The lowest BCUT2D eigenvalue weighted by Crippen LogP contribution is -2.25. The number of H-pyrrole nitrogens is 2. The van der Waals surface area contributed by atoms with E-state index in [9.17, 15) is 4.39 Å². The normalized spacial score (nSPS) is 14.0. The molecule has 1 saturated heterocycles. The summed E-state index contributed by atoms with van der Waals surface area (Å²) in [5.74, 6) is 0.679. The molecule has 0 amide bonds. The Kier molecular flexibility index (Phi) is 5.93. The van der Waals surface area contributed by atoms with E-state index in [4.69, 9.17) is 9.72 Å². The van der Waals surface area contributed by atoms with Crippen LogP contribution in [0.15, 0.2) is 67.3 Å². The molecule has 0 bridgehead atoms. The number of hydrogen-bond donors (Lipinski definition) is 2. The molecular formula is C29H25FN8O. The van der Waals surface area contributed by atoms with Gasteiger partial charge in [0.15, 0.2) is 17.1 Å². The number of imidazole rings is 1. The lowest BCUT2D eigenvalue weighted by molar-refractivity contribution is 0.237. The number of nitrogens with zero attached hydrogens (tertiary/aromatic N) is 6. The van der Waals surface area contributed by atoms with E-state index in [1.807, 2.05) is 30.3 Å². The van der Waals surface area contributed by atoms with Gasteiger partial charge in [0, 0.05) is 48.5 Å². The summed E-state index contributed by atoms with van der Waals surface area (Å²) < 4.78 is 20.6. The number of fused-ring (bicyclic) bond motifs is 2. The van der Waals surface area contributed by atoms with E-state index in [0.717, 1.165) is 41.7 Å². The Balaban J connectivity index is 1.23. The highest BCUT2D eigenvalue weighted by atomic mass is 19.1. The van der Waals surface area contributed by atoms with E-state index >= 15 is 0 Å². The number of ether oxygens (including phenoxy) is 1. The molecule has 10 heteroatoms. The molecule has 1 fully saturated rings. The zero-order chi connectivity index (χ0) is 26.2. The summed E-state index contributed by atoms with van der Waals surface area (Å²) in [6.45, 7) is 3.55. The van der Waals surface area contributed by atoms with Crippen molar-refractivity contribution in [2.45, 2.75) is 12.8 Å². The SMILES string of the molecule is Fc1cc(OCCN2CCCC2)cc(-c2ccnc3[nH]c(-c4n[nH]c5ncc(-c6ccncc6)cc45)nc23)c1. The van der Waals surface area contributed by atoms with Gasteiger partial charge in [-0.2, -0.15) is 5.10 Å². The van der Waals surface area contributed by atoms with Crippen molar-refractivity contribution in [2.24, 2.45) is 0 Å². The predicted molar refractivity (Wildman–Crippen MR) is 147 cm³/mol. The summed E-state index contributed by atoms with van der Waals surface area (Å²) in [6, 6.07) is 12.5. The molecule has 1 aliphatic rings. The van der Waals surface area contributed by atoms with E-state index in [1.54, 1.807) is 24.8 Å². The second-order valence-electron chi connectivity index (χ2n) is 9.64. The zero-order valence-corrected chi connectivity index (χ0v) is 21.1. The van der Waals surface area contributed by atoms with Crippen molar-refractivity contribution < 1.29 is 9.13 Å². The number of rotatable bonds is 7. The highest BCUT2D eigenvalue weighted by molar-refractivity contribution is 5.96. The predicted octanol–water partition coefficient (Wildman–Crippen LogP) is 5.24. The van der Waals surface area contributed by atoms with Gasteiger partial charge >= 0.3 is 0 Å². The molecule has 6 aromatic rings. The van der Waals surface area contributed by atoms with Gasteiger partial charge in [0.25, 0.3) is 0 Å². The topological polar surface area (TPSA) is 108 Å². The maximum atomic E-state index is 14.7. The van der Waals surface area contributed by atoms with Crippen molar-refractivity contribution in [1.29, 1.82) is 0 Å². The van der Waals surface area contributed by atoms with Crippen LogP contribution in [-0.4, -0.2) is 66.3 Å². The molecule has 9 nitrogen and oxygen atoms in total. The van der Waals surface area contributed by atoms with Crippen LogP contribution in [0, 0.1) is 5.82 Å². The smallest absolute Gasteiger partial charge is 0.161 e. The molecule has 0 saturated carbocycles. The summed E-state index contributed by atoms with van der Waals surface area (Å²) in [6.07, 6.45) is 9.43. The third kappa shape index (κ3) is 4.59. The minimum absolute atomic E-state index is 0.364. The minimum Gasteiger partial charge on any atom is -0.492 e. The third-order valence-electron chi connectivity index (χ3n) is 7.10. The Labute approximate surface area is 223 Å². The summed E-state index contributed by atoms with van der Waals surface area (Å²) in [5.41, 5.74) is 5.85. The molecular weight excluding hydrogens is 495 g/mol. The Morgan fingerprint density at radius 2 is 1.77 bits per heavy atom. The summed E-state index contributed by atoms with van der Waals surface area (Å²) in [4.78, 5) is 23.6. The highest BCUT2D eigenvalue weighted by Gasteiger charge is 2.18. The Hall–Kier alpha value is -4.70. The number of nitrogens with one attached hydrogen (secondary N) is 2. The lowest BCUT2D eigenvalue weighted by Gasteiger charge is -2.15. The number of pyridine rings is 3. The second-order valence-corrected chi connectivity index (χ2v) is 9.64. The van der Waals surface area contributed by atoms with Gasteiger partial charge in [-0.05, 0) is 73.5 Å². The van der Waals surface area contributed by atoms with E-state index in [-0.39, 0.29) is 5.82 Å². The summed E-state index contributed by atoms with van der Waals surface area (Å²) in [7, 11) is 0. The van der Waals surface area contributed by atoms with E-state index in [0.29, 0.717) is 46.2 Å². The summed E-state index contributed by atoms with van der Waals surface area (Å²) >= 11 is 0. The number of benzene rings is 1. The van der Waals surface area contributed by atoms with Crippen LogP contribution in [0.4, 0.5) is 4.39 Å². The largest absolute Gasteiger partial charge is 0.492 e.